The molecule has 0 heterocycles. The zero-order chi connectivity index (χ0) is 42.6. The fourth-order valence-corrected chi connectivity index (χ4v) is 9.66. The number of aryl methyl sites for hydroxylation is 6. The molecule has 0 amide bonds. The monoisotopic (exact) mass is 958 g/mol. The van der Waals surface area contributed by atoms with Gasteiger partial charge in [0.15, 0.2) is 0 Å². The van der Waals surface area contributed by atoms with Crippen molar-refractivity contribution in [1.82, 2.24) is 0 Å². The van der Waals surface area contributed by atoms with E-state index in [4.69, 9.17) is 23.2 Å². The van der Waals surface area contributed by atoms with Gasteiger partial charge in [0.25, 0.3) is 0 Å². The SMILES string of the molecule is CCCC1[C-]=CC(C(C)(C)C)=C1.Cc1cc(C)c(-c2ccc3c(c2)[cH-]c2cc(-c4c(C)cc(C)cc4C)ccc23)c(C)c1.Clc1cccc([C](=[Zr+2])c2cccc(Cl)c2)c1.[Cl-].[Cl-]. The van der Waals surface area contributed by atoms with Gasteiger partial charge in [-0.05, 0) is 74.9 Å². The first-order chi connectivity index (χ1) is 28.0. The third kappa shape index (κ3) is 12.4. The zero-order valence-corrected chi connectivity index (χ0v) is 42.6. The average Bonchev–Trinajstić information content (AvgIpc) is 3.79. The molecule has 0 aliphatic heterocycles. The smallest absolute Gasteiger partial charge is 1.00 e. The van der Waals surface area contributed by atoms with Crippen molar-refractivity contribution in [2.24, 2.45) is 11.3 Å². The molecule has 5 heteroatoms. The molecular weight excluding hydrogens is 906 g/mol. The van der Waals surface area contributed by atoms with Crippen molar-refractivity contribution in [3.05, 3.63) is 194 Å². The second-order valence-electron chi connectivity index (χ2n) is 17.3. The summed E-state index contributed by atoms with van der Waals surface area (Å²) in [6.07, 6.45) is 10.4. The zero-order valence-electron chi connectivity index (χ0n) is 37.1. The van der Waals surface area contributed by atoms with Crippen molar-refractivity contribution in [3.63, 3.8) is 0 Å². The van der Waals surface area contributed by atoms with Gasteiger partial charge in [-0.15, -0.1) is 39.7 Å². The summed E-state index contributed by atoms with van der Waals surface area (Å²) in [7, 11) is 0. The van der Waals surface area contributed by atoms with Crippen LogP contribution in [0.5, 0.6) is 0 Å². The number of benzene rings is 6. The van der Waals surface area contributed by atoms with Gasteiger partial charge >= 0.3 is 120 Å². The summed E-state index contributed by atoms with van der Waals surface area (Å²) < 4.78 is 1.26. The second kappa shape index (κ2) is 21.8. The quantitative estimate of drug-likeness (QED) is 0.146. The molecule has 61 heavy (non-hydrogen) atoms. The van der Waals surface area contributed by atoms with Crippen LogP contribution in [-0.2, 0) is 24.2 Å². The largest absolute Gasteiger partial charge is 1.00 e. The maximum atomic E-state index is 5.98. The van der Waals surface area contributed by atoms with Crippen molar-refractivity contribution >= 4 is 48.0 Å². The van der Waals surface area contributed by atoms with Gasteiger partial charge in [0.2, 0.25) is 0 Å². The number of hydrogen-bond acceptors (Lipinski definition) is 0. The fourth-order valence-electron chi connectivity index (χ4n) is 8.51. The van der Waals surface area contributed by atoms with Gasteiger partial charge in [0, 0.05) is 0 Å². The van der Waals surface area contributed by atoms with E-state index in [9.17, 15) is 0 Å². The van der Waals surface area contributed by atoms with Crippen LogP contribution in [0.4, 0.5) is 0 Å². The first-order valence-corrected chi connectivity index (χ1v) is 22.7. The molecule has 0 nitrogen and oxygen atoms in total. The first kappa shape index (κ1) is 50.2. The van der Waals surface area contributed by atoms with Crippen LogP contribution < -0.4 is 24.8 Å². The molecule has 0 bridgehead atoms. The van der Waals surface area contributed by atoms with Gasteiger partial charge in [-0.2, -0.15) is 11.6 Å². The summed E-state index contributed by atoms with van der Waals surface area (Å²) in [6, 6.07) is 41.2. The summed E-state index contributed by atoms with van der Waals surface area (Å²) in [5.74, 6) is 0.587. The topological polar surface area (TPSA) is 0 Å². The Morgan fingerprint density at radius 1 is 0.623 bits per heavy atom. The van der Waals surface area contributed by atoms with Crippen LogP contribution in [0, 0.1) is 59.0 Å². The van der Waals surface area contributed by atoms with Crippen LogP contribution in [0.15, 0.2) is 133 Å². The molecule has 8 rings (SSSR count). The van der Waals surface area contributed by atoms with E-state index in [0.717, 1.165) is 21.2 Å². The Labute approximate surface area is 403 Å². The van der Waals surface area contributed by atoms with Crippen LogP contribution in [-0.4, -0.2) is 3.21 Å². The summed E-state index contributed by atoms with van der Waals surface area (Å²) >= 11 is 13.3. The van der Waals surface area contributed by atoms with Crippen LogP contribution in [0.1, 0.15) is 85.0 Å². The molecule has 1 atom stereocenters. The molecule has 0 spiro atoms. The molecule has 1 aliphatic carbocycles. The van der Waals surface area contributed by atoms with Gasteiger partial charge in [-0.25, -0.2) is 6.08 Å². The molecule has 0 saturated carbocycles. The molecule has 0 N–H and O–H groups in total. The number of allylic oxidation sites excluding steroid dienone is 4. The van der Waals surface area contributed by atoms with Crippen LogP contribution in [0.3, 0.4) is 0 Å². The van der Waals surface area contributed by atoms with Crippen molar-refractivity contribution in [1.29, 1.82) is 0 Å². The number of fused-ring (bicyclic) bond motifs is 3. The Kier molecular flexibility index (Phi) is 17.9. The van der Waals surface area contributed by atoms with E-state index in [1.807, 2.05) is 36.4 Å². The van der Waals surface area contributed by atoms with Gasteiger partial charge in [0.1, 0.15) is 0 Å². The summed E-state index contributed by atoms with van der Waals surface area (Å²) in [5, 5.41) is 6.84. The van der Waals surface area contributed by atoms with E-state index in [-0.39, 0.29) is 24.8 Å². The standard InChI is InChI=1S/C31H29.C13H8Cl2.C12H19.2ClH.Zr/c1-18-11-20(3)30(21(4)12-18)24-7-9-28-26(15-24)17-27-16-25(8-10-29(27)28)31-22(5)13-19(2)14-23(31)6;14-12-5-1-3-10(8-12)7-11-4-2-6-13(15)9-11;1-5-6-10-7-8-11(9-10)12(2,3)4;;;/h7-17H,1-6H3;1-6,8-9H;8-10H,5-6H2,1-4H3;2*1H;/q-1;;-1;;;+2/p-2. The number of halogens is 4. The second-order valence-corrected chi connectivity index (χ2v) is 19.4. The molecule has 0 saturated heterocycles. The van der Waals surface area contributed by atoms with Crippen LogP contribution in [0.25, 0.3) is 43.8 Å². The van der Waals surface area contributed by atoms with E-state index in [2.05, 4.69) is 166 Å². The van der Waals surface area contributed by atoms with E-state index in [1.165, 1.54) is 123 Å². The summed E-state index contributed by atoms with van der Waals surface area (Å²) in [6.45, 7) is 22.2. The summed E-state index contributed by atoms with van der Waals surface area (Å²) in [5.41, 5.74) is 17.5. The minimum absolute atomic E-state index is 0. The fraction of sp³-hybridized carbons (Fsp3) is 0.250. The predicted molar refractivity (Wildman–Crippen MR) is 256 cm³/mol. The third-order valence-electron chi connectivity index (χ3n) is 11.2. The predicted octanol–water partition coefficient (Wildman–Crippen LogP) is 10.8. The van der Waals surface area contributed by atoms with Gasteiger partial charge in [0.05, 0.1) is 0 Å². The molecule has 0 aromatic heterocycles. The molecule has 1 aliphatic rings. The van der Waals surface area contributed by atoms with Gasteiger partial charge < -0.3 is 24.8 Å². The molecule has 7 aromatic rings. The van der Waals surface area contributed by atoms with E-state index in [0.29, 0.717) is 11.3 Å². The Morgan fingerprint density at radius 2 is 1.05 bits per heavy atom. The Bertz CT molecular complexity index is 2520. The number of rotatable bonds is 6. The molecule has 1 unspecified atom stereocenters. The Morgan fingerprint density at radius 3 is 1.41 bits per heavy atom. The first-order valence-electron chi connectivity index (χ1n) is 20.7. The molecular formula is C56H56Cl4Zr-2. The molecule has 0 radical (unpaired) electrons. The Balaban J connectivity index is 0.000000229. The number of hydrogen-bond donors (Lipinski definition) is 0. The van der Waals surface area contributed by atoms with Crippen LogP contribution >= 0.6 is 23.2 Å². The average molecular weight is 962 g/mol. The van der Waals surface area contributed by atoms with Crippen molar-refractivity contribution < 1.29 is 49.0 Å². The normalized spacial score (nSPS) is 13.1. The molecule has 314 valence electrons. The third-order valence-corrected chi connectivity index (χ3v) is 13.1. The van der Waals surface area contributed by atoms with Crippen molar-refractivity contribution in [3.8, 4) is 22.3 Å². The van der Waals surface area contributed by atoms with Crippen LogP contribution in [0.2, 0.25) is 10.0 Å². The molecule has 0 fully saturated rings. The van der Waals surface area contributed by atoms with E-state index >= 15 is 0 Å². The molecule has 7 aromatic carbocycles. The van der Waals surface area contributed by atoms with Crippen molar-refractivity contribution in [2.45, 2.75) is 82.1 Å². The van der Waals surface area contributed by atoms with Gasteiger partial charge in [-0.1, -0.05) is 123 Å². The summed E-state index contributed by atoms with van der Waals surface area (Å²) in [4.78, 5) is 0. The van der Waals surface area contributed by atoms with Crippen molar-refractivity contribution in [2.75, 3.05) is 0 Å². The van der Waals surface area contributed by atoms with E-state index in [1.54, 1.807) is 0 Å². The minimum atomic E-state index is 0. The van der Waals surface area contributed by atoms with E-state index < -0.39 is 0 Å². The Hall–Kier alpha value is -3.42. The minimum Gasteiger partial charge on any atom is -1.00 e. The van der Waals surface area contributed by atoms with Gasteiger partial charge in [-0.3, -0.25) is 6.08 Å². The maximum Gasteiger partial charge on any atom is -1.00 e. The maximum absolute atomic E-state index is 5.98.